The summed E-state index contributed by atoms with van der Waals surface area (Å²) < 4.78 is 5.50. The summed E-state index contributed by atoms with van der Waals surface area (Å²) >= 11 is 0. The molecule has 3 N–H and O–H groups in total. The summed E-state index contributed by atoms with van der Waals surface area (Å²) in [6, 6.07) is -0.540. The van der Waals surface area contributed by atoms with Crippen LogP contribution < -0.4 is 5.32 Å². The van der Waals surface area contributed by atoms with E-state index in [4.69, 9.17) is 4.74 Å². The van der Waals surface area contributed by atoms with Crippen molar-refractivity contribution in [2.75, 3.05) is 13.2 Å². The van der Waals surface area contributed by atoms with Crippen molar-refractivity contribution in [3.05, 3.63) is 48.6 Å². The quantitative estimate of drug-likeness (QED) is 0.0320. The second kappa shape index (κ2) is 66.3. The third-order valence-electron chi connectivity index (χ3n) is 15.9. The highest BCUT2D eigenvalue weighted by Gasteiger charge is 2.20. The Bertz CT molecular complexity index is 1290. The van der Waals surface area contributed by atoms with Gasteiger partial charge in [0.05, 0.1) is 25.4 Å². The number of rotatable bonds is 64. The van der Waals surface area contributed by atoms with E-state index in [1.165, 1.54) is 276 Å². The maximum atomic E-state index is 12.5. The van der Waals surface area contributed by atoms with Crippen molar-refractivity contribution in [2.45, 2.75) is 379 Å². The van der Waals surface area contributed by atoms with Crippen LogP contribution in [0.25, 0.3) is 0 Å². The first-order valence-electron chi connectivity index (χ1n) is 34.4. The molecule has 0 rings (SSSR count). The molecule has 2 atom stereocenters. The van der Waals surface area contributed by atoms with E-state index in [-0.39, 0.29) is 18.5 Å². The minimum Gasteiger partial charge on any atom is -0.466 e. The molecule has 0 saturated heterocycles. The summed E-state index contributed by atoms with van der Waals surface area (Å²) in [5.74, 6) is -0.0287. The van der Waals surface area contributed by atoms with Gasteiger partial charge in [0.15, 0.2) is 0 Å². The lowest BCUT2D eigenvalue weighted by atomic mass is 10.0. The minimum absolute atomic E-state index is 0.00581. The van der Waals surface area contributed by atoms with Crippen LogP contribution in [-0.4, -0.2) is 47.4 Å². The summed E-state index contributed by atoms with van der Waals surface area (Å²) in [4.78, 5) is 24.6. The van der Waals surface area contributed by atoms with E-state index in [2.05, 4.69) is 67.8 Å². The zero-order valence-electron chi connectivity index (χ0n) is 51.7. The number of aliphatic hydroxyl groups excluding tert-OH is 2. The van der Waals surface area contributed by atoms with Crippen LogP contribution in [0.3, 0.4) is 0 Å². The third kappa shape index (κ3) is 62.9. The number of hydrogen-bond donors (Lipinski definition) is 3. The Morgan fingerprint density at radius 1 is 0.364 bits per heavy atom. The summed E-state index contributed by atoms with van der Waals surface area (Å²) in [5, 5.41) is 23.2. The molecule has 0 aliphatic carbocycles. The molecular formula is C71H133NO5. The molecule has 0 aliphatic rings. The fourth-order valence-corrected chi connectivity index (χ4v) is 10.6. The Kier molecular flexibility index (Phi) is 64.5. The van der Waals surface area contributed by atoms with E-state index < -0.39 is 12.1 Å². The van der Waals surface area contributed by atoms with Gasteiger partial charge >= 0.3 is 5.97 Å². The van der Waals surface area contributed by atoms with Crippen molar-refractivity contribution < 1.29 is 24.5 Å². The van der Waals surface area contributed by atoms with Gasteiger partial charge in [-0.1, -0.05) is 313 Å². The molecular weight excluding hydrogens is 947 g/mol. The van der Waals surface area contributed by atoms with Crippen LogP contribution in [0.5, 0.6) is 0 Å². The average molecular weight is 1080 g/mol. The van der Waals surface area contributed by atoms with E-state index in [1.54, 1.807) is 0 Å². The van der Waals surface area contributed by atoms with Gasteiger partial charge in [-0.2, -0.15) is 0 Å². The van der Waals surface area contributed by atoms with Gasteiger partial charge in [0, 0.05) is 12.8 Å². The van der Waals surface area contributed by atoms with Gasteiger partial charge in [-0.3, -0.25) is 9.59 Å². The summed E-state index contributed by atoms with van der Waals surface area (Å²) in [6.07, 6.45) is 85.9. The highest BCUT2D eigenvalue weighted by Crippen LogP contribution is 2.18. The number of hydrogen-bond acceptors (Lipinski definition) is 5. The summed E-state index contributed by atoms with van der Waals surface area (Å²) in [5.41, 5.74) is 0. The van der Waals surface area contributed by atoms with Gasteiger partial charge in [-0.25, -0.2) is 0 Å². The number of carbonyl (C=O) groups excluding carboxylic acids is 2. The molecule has 2 unspecified atom stereocenters. The molecule has 0 aromatic carbocycles. The summed E-state index contributed by atoms with van der Waals surface area (Å²) in [6.45, 7) is 4.94. The highest BCUT2D eigenvalue weighted by molar-refractivity contribution is 5.76. The van der Waals surface area contributed by atoms with E-state index in [0.29, 0.717) is 25.9 Å². The lowest BCUT2D eigenvalue weighted by Gasteiger charge is -2.22. The first kappa shape index (κ1) is 74.8. The zero-order chi connectivity index (χ0) is 55.7. The molecule has 0 fully saturated rings. The Labute approximate surface area is 480 Å². The fraction of sp³-hybridized carbons (Fsp3) is 0.859. The Morgan fingerprint density at radius 3 is 1.00 bits per heavy atom. The first-order chi connectivity index (χ1) is 38.0. The molecule has 0 saturated carbocycles. The smallest absolute Gasteiger partial charge is 0.305 e. The molecule has 1 amide bonds. The largest absolute Gasteiger partial charge is 0.466 e. The number of esters is 1. The number of aliphatic hydroxyl groups is 2. The molecule has 452 valence electrons. The van der Waals surface area contributed by atoms with E-state index in [9.17, 15) is 19.8 Å². The van der Waals surface area contributed by atoms with Crippen molar-refractivity contribution in [2.24, 2.45) is 0 Å². The number of unbranched alkanes of at least 4 members (excludes halogenated alkanes) is 45. The predicted octanol–water partition coefficient (Wildman–Crippen LogP) is 22.1. The van der Waals surface area contributed by atoms with Crippen molar-refractivity contribution in [3.8, 4) is 0 Å². The van der Waals surface area contributed by atoms with Gasteiger partial charge in [0.1, 0.15) is 0 Å². The molecule has 6 nitrogen and oxygen atoms in total. The number of allylic oxidation sites excluding steroid dienone is 8. The normalized spacial score (nSPS) is 12.8. The van der Waals surface area contributed by atoms with Gasteiger partial charge < -0.3 is 20.3 Å². The molecule has 0 aromatic rings. The maximum absolute atomic E-state index is 12.5. The van der Waals surface area contributed by atoms with Crippen LogP contribution in [0, 0.1) is 0 Å². The topological polar surface area (TPSA) is 95.9 Å². The maximum Gasteiger partial charge on any atom is 0.305 e. The van der Waals surface area contributed by atoms with Crippen LogP contribution in [0.15, 0.2) is 48.6 Å². The lowest BCUT2D eigenvalue weighted by Crippen LogP contribution is -2.45. The standard InChI is InChI=1S/C71H133NO5/c1-3-5-7-9-11-13-15-16-17-18-35-38-41-45-49-53-57-61-65-71(76)77-66-62-58-54-50-46-42-39-36-33-31-29-27-25-23-21-19-20-22-24-26-28-30-32-34-37-40-44-48-52-56-60-64-70(75)72-68(67-73)69(74)63-59-55-51-47-43-14-12-10-8-6-4-2/h13,15,17-18,21,23,27,29,68-69,73-74H,3-12,14,16,19-20,22,24-26,28,30-67H2,1-2H3,(H,72,75)/b15-13-,18-17-,23-21-,29-27-. The van der Waals surface area contributed by atoms with Crippen molar-refractivity contribution in [1.82, 2.24) is 5.32 Å². The van der Waals surface area contributed by atoms with Crippen molar-refractivity contribution in [1.29, 1.82) is 0 Å². The first-order valence-corrected chi connectivity index (χ1v) is 34.4. The zero-order valence-corrected chi connectivity index (χ0v) is 51.7. The minimum atomic E-state index is -0.663. The number of ether oxygens (including phenoxy) is 1. The fourth-order valence-electron chi connectivity index (χ4n) is 10.6. The SMILES string of the molecule is CCCCCC/C=C\C/C=C\CCCCCCCCCC(=O)OCCCCCCCCCCC/C=C\C/C=C\CCCCCCCCCCCCCCCCCC(=O)NC(CO)C(O)CCCCCCCCCCCCC. The van der Waals surface area contributed by atoms with Crippen LogP contribution in [-0.2, 0) is 14.3 Å². The third-order valence-corrected chi connectivity index (χ3v) is 15.9. The van der Waals surface area contributed by atoms with Gasteiger partial charge in [0.25, 0.3) is 0 Å². The highest BCUT2D eigenvalue weighted by atomic mass is 16.5. The Balaban J connectivity index is 3.37. The second-order valence-electron chi connectivity index (χ2n) is 23.5. The molecule has 0 aromatic heterocycles. The van der Waals surface area contributed by atoms with Crippen LogP contribution in [0.1, 0.15) is 367 Å². The van der Waals surface area contributed by atoms with Crippen molar-refractivity contribution >= 4 is 11.9 Å². The molecule has 0 bridgehead atoms. The Hall–Kier alpha value is -2.18. The monoisotopic (exact) mass is 1080 g/mol. The van der Waals surface area contributed by atoms with E-state index in [0.717, 1.165) is 57.8 Å². The Morgan fingerprint density at radius 2 is 0.649 bits per heavy atom. The predicted molar refractivity (Wildman–Crippen MR) is 338 cm³/mol. The molecule has 0 radical (unpaired) electrons. The van der Waals surface area contributed by atoms with Crippen LogP contribution in [0.2, 0.25) is 0 Å². The average Bonchev–Trinajstić information content (AvgIpc) is 3.43. The van der Waals surface area contributed by atoms with Gasteiger partial charge in [0.2, 0.25) is 5.91 Å². The van der Waals surface area contributed by atoms with Crippen LogP contribution in [0.4, 0.5) is 0 Å². The van der Waals surface area contributed by atoms with E-state index in [1.807, 2.05) is 0 Å². The molecule has 77 heavy (non-hydrogen) atoms. The second-order valence-corrected chi connectivity index (χ2v) is 23.5. The molecule has 0 heterocycles. The molecule has 0 aliphatic heterocycles. The summed E-state index contributed by atoms with van der Waals surface area (Å²) in [7, 11) is 0. The van der Waals surface area contributed by atoms with Gasteiger partial charge in [-0.15, -0.1) is 0 Å². The van der Waals surface area contributed by atoms with E-state index >= 15 is 0 Å². The number of carbonyl (C=O) groups is 2. The number of nitrogens with one attached hydrogen (secondary N) is 1. The van der Waals surface area contributed by atoms with Crippen molar-refractivity contribution in [3.63, 3.8) is 0 Å². The number of amides is 1. The van der Waals surface area contributed by atoms with Crippen LogP contribution >= 0.6 is 0 Å². The van der Waals surface area contributed by atoms with Gasteiger partial charge in [-0.05, 0) is 89.9 Å². The molecule has 0 spiro atoms. The lowest BCUT2D eigenvalue weighted by molar-refractivity contribution is -0.143. The molecule has 6 heteroatoms.